The van der Waals surface area contributed by atoms with Crippen molar-refractivity contribution in [1.82, 2.24) is 9.62 Å². The van der Waals surface area contributed by atoms with Gasteiger partial charge in [0.15, 0.2) is 0 Å². The largest absolute Gasteiger partial charge is 0.339 e. The zero-order valence-electron chi connectivity index (χ0n) is 14.1. The average Bonchev–Trinajstić information content (AvgIpc) is 2.53. The SMILES string of the molecule is CC(C)CNS(=O)(=O)c1ccc(C(=O)N2CCC(N)CC2)cc1.Cl. The topological polar surface area (TPSA) is 92.5 Å². The van der Waals surface area contributed by atoms with Gasteiger partial charge in [-0.05, 0) is 43.0 Å². The number of carbonyl (C=O) groups excluding carboxylic acids is 1. The molecule has 0 atom stereocenters. The van der Waals surface area contributed by atoms with Crippen LogP contribution in [0.4, 0.5) is 0 Å². The molecule has 1 aliphatic rings. The normalized spacial score (nSPS) is 16.1. The summed E-state index contributed by atoms with van der Waals surface area (Å²) in [5.41, 5.74) is 6.34. The minimum Gasteiger partial charge on any atom is -0.339 e. The molecule has 0 saturated carbocycles. The van der Waals surface area contributed by atoms with Crippen LogP contribution in [0.25, 0.3) is 0 Å². The lowest BCUT2D eigenvalue weighted by Gasteiger charge is -2.30. The second kappa shape index (κ2) is 8.80. The van der Waals surface area contributed by atoms with Gasteiger partial charge in [-0.2, -0.15) is 0 Å². The summed E-state index contributed by atoms with van der Waals surface area (Å²) in [4.78, 5) is 14.3. The molecule has 24 heavy (non-hydrogen) atoms. The molecule has 0 aliphatic carbocycles. The maximum atomic E-state index is 12.4. The third kappa shape index (κ3) is 5.44. The van der Waals surface area contributed by atoms with Crippen molar-refractivity contribution in [2.45, 2.75) is 37.6 Å². The first-order valence-corrected chi connectivity index (χ1v) is 9.42. The molecule has 3 N–H and O–H groups in total. The van der Waals surface area contributed by atoms with Crippen molar-refractivity contribution in [1.29, 1.82) is 0 Å². The molecule has 2 rings (SSSR count). The molecule has 8 heteroatoms. The molecule has 0 aromatic heterocycles. The Labute approximate surface area is 150 Å². The standard InChI is InChI=1S/C16H25N3O3S.ClH/c1-12(2)11-18-23(21,22)15-5-3-13(4-6-15)16(20)19-9-7-14(17)8-10-19;/h3-6,12,14,18H,7-11,17H2,1-2H3;1H. The molecule has 1 fully saturated rings. The molecule has 0 radical (unpaired) electrons. The molecule has 136 valence electrons. The fraction of sp³-hybridized carbons (Fsp3) is 0.562. The summed E-state index contributed by atoms with van der Waals surface area (Å²) >= 11 is 0. The Bertz CT molecular complexity index is 639. The van der Waals surface area contributed by atoms with Crippen LogP contribution in [-0.4, -0.2) is 44.9 Å². The summed E-state index contributed by atoms with van der Waals surface area (Å²) in [6, 6.07) is 6.26. The van der Waals surface area contributed by atoms with Crippen LogP contribution in [0.15, 0.2) is 29.2 Å². The maximum absolute atomic E-state index is 12.4. The van der Waals surface area contributed by atoms with Gasteiger partial charge in [0.1, 0.15) is 0 Å². The number of hydrogen-bond donors (Lipinski definition) is 2. The number of amides is 1. The highest BCUT2D eigenvalue weighted by Crippen LogP contribution is 2.15. The fourth-order valence-electron chi connectivity index (χ4n) is 2.42. The smallest absolute Gasteiger partial charge is 0.253 e. The lowest BCUT2D eigenvalue weighted by Crippen LogP contribution is -2.42. The van der Waals surface area contributed by atoms with Crippen molar-refractivity contribution < 1.29 is 13.2 Å². The Morgan fingerprint density at radius 2 is 1.79 bits per heavy atom. The van der Waals surface area contributed by atoms with Gasteiger partial charge in [0.2, 0.25) is 10.0 Å². The Morgan fingerprint density at radius 1 is 1.25 bits per heavy atom. The Balaban J connectivity index is 0.00000288. The summed E-state index contributed by atoms with van der Waals surface area (Å²) in [7, 11) is -3.52. The number of rotatable bonds is 5. The van der Waals surface area contributed by atoms with E-state index in [1.807, 2.05) is 13.8 Å². The summed E-state index contributed by atoms with van der Waals surface area (Å²) in [6.45, 7) is 5.56. The third-order valence-corrected chi connectivity index (χ3v) is 5.36. The van der Waals surface area contributed by atoms with Crippen molar-refractivity contribution in [3.8, 4) is 0 Å². The van der Waals surface area contributed by atoms with E-state index in [0.29, 0.717) is 25.2 Å². The Morgan fingerprint density at radius 3 is 2.29 bits per heavy atom. The molecule has 1 amide bonds. The number of benzene rings is 1. The number of hydrogen-bond acceptors (Lipinski definition) is 4. The number of piperidine rings is 1. The van der Waals surface area contributed by atoms with Crippen molar-refractivity contribution in [2.75, 3.05) is 19.6 Å². The van der Waals surface area contributed by atoms with Gasteiger partial charge in [0, 0.05) is 31.2 Å². The van der Waals surface area contributed by atoms with Crippen molar-refractivity contribution in [2.24, 2.45) is 11.7 Å². The number of nitrogens with two attached hydrogens (primary N) is 1. The van der Waals surface area contributed by atoms with Crippen LogP contribution in [0.3, 0.4) is 0 Å². The lowest BCUT2D eigenvalue weighted by atomic mass is 10.1. The molecule has 1 aliphatic heterocycles. The second-order valence-electron chi connectivity index (χ2n) is 6.40. The van der Waals surface area contributed by atoms with Gasteiger partial charge in [-0.1, -0.05) is 13.8 Å². The zero-order valence-corrected chi connectivity index (χ0v) is 15.7. The van der Waals surface area contributed by atoms with Crippen molar-refractivity contribution >= 4 is 28.3 Å². The molecule has 0 unspecified atom stereocenters. The molecule has 1 aromatic rings. The van der Waals surface area contributed by atoms with Crippen LogP contribution in [0.1, 0.15) is 37.0 Å². The molecular formula is C16H26ClN3O3S. The zero-order chi connectivity index (χ0) is 17.0. The Kier molecular flexibility index (Phi) is 7.66. The maximum Gasteiger partial charge on any atom is 0.253 e. The predicted molar refractivity (Wildman–Crippen MR) is 96.8 cm³/mol. The van der Waals surface area contributed by atoms with Crippen LogP contribution in [0.5, 0.6) is 0 Å². The first-order valence-electron chi connectivity index (χ1n) is 7.94. The average molecular weight is 376 g/mol. The number of nitrogens with zero attached hydrogens (tertiary/aromatic N) is 1. The fourth-order valence-corrected chi connectivity index (χ4v) is 3.64. The van der Waals surface area contributed by atoms with E-state index in [1.54, 1.807) is 17.0 Å². The molecular weight excluding hydrogens is 350 g/mol. The van der Waals surface area contributed by atoms with Gasteiger partial charge in [0.25, 0.3) is 5.91 Å². The molecule has 1 aromatic carbocycles. The van der Waals surface area contributed by atoms with Crippen LogP contribution < -0.4 is 10.5 Å². The number of carbonyl (C=O) groups is 1. The quantitative estimate of drug-likeness (QED) is 0.817. The predicted octanol–water partition coefficient (Wildman–Crippen LogP) is 1.61. The van der Waals surface area contributed by atoms with Crippen LogP contribution in [0, 0.1) is 5.92 Å². The molecule has 6 nitrogen and oxygen atoms in total. The van der Waals surface area contributed by atoms with Gasteiger partial charge in [-0.3, -0.25) is 4.79 Å². The monoisotopic (exact) mass is 375 g/mol. The minimum absolute atomic E-state index is 0. The van der Waals surface area contributed by atoms with Crippen molar-refractivity contribution in [3.63, 3.8) is 0 Å². The van der Waals surface area contributed by atoms with Gasteiger partial charge < -0.3 is 10.6 Å². The molecule has 0 spiro atoms. The first kappa shape index (κ1) is 20.9. The van der Waals surface area contributed by atoms with E-state index in [4.69, 9.17) is 5.73 Å². The van der Waals surface area contributed by atoms with Crippen LogP contribution >= 0.6 is 12.4 Å². The third-order valence-electron chi connectivity index (χ3n) is 3.92. The highest BCUT2D eigenvalue weighted by atomic mass is 35.5. The molecule has 1 saturated heterocycles. The summed E-state index contributed by atoms with van der Waals surface area (Å²) < 4.78 is 26.8. The second-order valence-corrected chi connectivity index (χ2v) is 8.17. The number of sulfonamides is 1. The highest BCUT2D eigenvalue weighted by molar-refractivity contribution is 7.89. The van der Waals surface area contributed by atoms with Crippen molar-refractivity contribution in [3.05, 3.63) is 29.8 Å². The summed E-state index contributed by atoms with van der Waals surface area (Å²) in [5, 5.41) is 0. The minimum atomic E-state index is -3.52. The van der Waals surface area contributed by atoms with Gasteiger partial charge in [-0.25, -0.2) is 13.1 Å². The number of likely N-dealkylation sites (tertiary alicyclic amines) is 1. The Hall–Kier alpha value is -1.15. The highest BCUT2D eigenvalue weighted by Gasteiger charge is 2.22. The van der Waals surface area contributed by atoms with E-state index in [-0.39, 0.29) is 35.2 Å². The van der Waals surface area contributed by atoms with E-state index in [1.165, 1.54) is 12.1 Å². The number of nitrogens with one attached hydrogen (secondary N) is 1. The molecule has 1 heterocycles. The molecule has 0 bridgehead atoms. The van der Waals surface area contributed by atoms with E-state index in [0.717, 1.165) is 12.8 Å². The summed E-state index contributed by atoms with van der Waals surface area (Å²) in [6.07, 6.45) is 1.61. The van der Waals surface area contributed by atoms with Crippen LogP contribution in [-0.2, 0) is 10.0 Å². The summed E-state index contributed by atoms with van der Waals surface area (Å²) in [5.74, 6) is 0.159. The van der Waals surface area contributed by atoms with Gasteiger partial charge in [0.05, 0.1) is 4.90 Å². The first-order chi connectivity index (χ1) is 10.8. The van der Waals surface area contributed by atoms with E-state index in [2.05, 4.69) is 4.72 Å². The van der Waals surface area contributed by atoms with Crippen LogP contribution in [0.2, 0.25) is 0 Å². The van der Waals surface area contributed by atoms with E-state index < -0.39 is 10.0 Å². The van der Waals surface area contributed by atoms with E-state index >= 15 is 0 Å². The van der Waals surface area contributed by atoms with Gasteiger partial charge >= 0.3 is 0 Å². The van der Waals surface area contributed by atoms with E-state index in [9.17, 15) is 13.2 Å². The number of halogens is 1. The lowest BCUT2D eigenvalue weighted by molar-refractivity contribution is 0.0714. The van der Waals surface area contributed by atoms with Gasteiger partial charge in [-0.15, -0.1) is 12.4 Å².